The molecule has 3 aromatic heterocycles. The molecule has 40 heavy (non-hydrogen) atoms. The quantitative estimate of drug-likeness (QED) is 0.285. The summed E-state index contributed by atoms with van der Waals surface area (Å²) in [7, 11) is 1.56. The molecule has 0 aliphatic heterocycles. The topological polar surface area (TPSA) is 126 Å². The summed E-state index contributed by atoms with van der Waals surface area (Å²) in [5.74, 6) is 1.54. The van der Waals surface area contributed by atoms with Crippen LogP contribution in [-0.4, -0.2) is 53.0 Å². The van der Waals surface area contributed by atoms with E-state index in [0.717, 1.165) is 28.1 Å². The summed E-state index contributed by atoms with van der Waals surface area (Å²) in [6.45, 7) is 9.53. The molecule has 3 heterocycles. The van der Waals surface area contributed by atoms with Crippen molar-refractivity contribution in [3.05, 3.63) is 80.8 Å². The van der Waals surface area contributed by atoms with Gasteiger partial charge in [-0.25, -0.2) is 9.78 Å². The van der Waals surface area contributed by atoms with Crippen molar-refractivity contribution in [2.75, 3.05) is 13.7 Å². The lowest BCUT2D eigenvalue weighted by molar-refractivity contribution is 0.184. The molecule has 0 amide bonds. The highest BCUT2D eigenvalue weighted by Gasteiger charge is 2.23. The Morgan fingerprint density at radius 3 is 2.27 bits per heavy atom. The molecule has 11 heteroatoms. The summed E-state index contributed by atoms with van der Waals surface area (Å²) in [4.78, 5) is 32.0. The first-order valence-electron chi connectivity index (χ1n) is 13.4. The second-order valence-electron chi connectivity index (χ2n) is 10.6. The highest BCUT2D eigenvalue weighted by molar-refractivity contribution is 5.80. The van der Waals surface area contributed by atoms with Gasteiger partial charge in [-0.2, -0.15) is 5.21 Å². The Hall–Kier alpha value is -4.38. The second kappa shape index (κ2) is 11.4. The zero-order valence-electron chi connectivity index (χ0n) is 23.5. The zero-order chi connectivity index (χ0) is 28.4. The van der Waals surface area contributed by atoms with Gasteiger partial charge in [0.25, 0.3) is 5.56 Å². The molecule has 5 rings (SSSR count). The molecule has 0 saturated carbocycles. The monoisotopic (exact) mass is 542 g/mol. The minimum absolute atomic E-state index is 0.0444. The average molecular weight is 543 g/mol. The number of fused-ring (bicyclic) bond motifs is 1. The van der Waals surface area contributed by atoms with Gasteiger partial charge in [-0.1, -0.05) is 76.2 Å². The minimum atomic E-state index is -0.354. The number of imidazole rings is 1. The Morgan fingerprint density at radius 1 is 0.925 bits per heavy atom. The molecule has 0 bridgehead atoms. The summed E-state index contributed by atoms with van der Waals surface area (Å²) in [5.41, 5.74) is 4.06. The van der Waals surface area contributed by atoms with Crippen LogP contribution in [0.25, 0.3) is 33.7 Å². The van der Waals surface area contributed by atoms with Crippen LogP contribution >= 0.6 is 0 Å². The number of aromatic nitrogens is 8. The molecule has 0 radical (unpaired) electrons. The van der Waals surface area contributed by atoms with Gasteiger partial charge in [-0.3, -0.25) is 13.9 Å². The first kappa shape index (κ1) is 27.2. The Kier molecular flexibility index (Phi) is 7.74. The third-order valence-electron chi connectivity index (χ3n) is 6.85. The molecule has 0 unspecified atom stereocenters. The lowest BCUT2D eigenvalue weighted by atomic mass is 9.98. The van der Waals surface area contributed by atoms with Crippen molar-refractivity contribution in [2.45, 2.75) is 53.2 Å². The molecule has 5 aromatic rings. The van der Waals surface area contributed by atoms with Crippen LogP contribution in [0.1, 0.15) is 45.0 Å². The highest BCUT2D eigenvalue weighted by atomic mass is 16.5. The van der Waals surface area contributed by atoms with Crippen LogP contribution in [0.3, 0.4) is 0 Å². The van der Waals surface area contributed by atoms with Gasteiger partial charge in [0.05, 0.1) is 13.2 Å². The smallest absolute Gasteiger partial charge is 0.332 e. The lowest BCUT2D eigenvalue weighted by Gasteiger charge is -2.15. The fourth-order valence-corrected chi connectivity index (χ4v) is 5.00. The highest BCUT2D eigenvalue weighted by Crippen LogP contribution is 2.30. The fraction of sp³-hybridized carbons (Fsp3) is 0.379. The molecule has 0 aliphatic rings. The summed E-state index contributed by atoms with van der Waals surface area (Å²) in [6.07, 6.45) is 0. The van der Waals surface area contributed by atoms with E-state index in [4.69, 9.17) is 9.72 Å². The Labute approximate surface area is 231 Å². The maximum atomic E-state index is 13.7. The number of hydrogen-bond donors (Lipinski definition) is 1. The zero-order valence-corrected chi connectivity index (χ0v) is 23.5. The van der Waals surface area contributed by atoms with Gasteiger partial charge in [0.2, 0.25) is 5.82 Å². The molecule has 2 aromatic carbocycles. The van der Waals surface area contributed by atoms with Gasteiger partial charge in [-0.15, -0.1) is 10.2 Å². The number of nitrogens with zero attached hydrogens (tertiary/aromatic N) is 7. The van der Waals surface area contributed by atoms with E-state index in [1.54, 1.807) is 11.7 Å². The number of hydrogen-bond acceptors (Lipinski definition) is 7. The molecule has 0 spiro atoms. The third-order valence-corrected chi connectivity index (χ3v) is 6.85. The predicted octanol–water partition coefficient (Wildman–Crippen LogP) is 3.68. The van der Waals surface area contributed by atoms with Crippen molar-refractivity contribution in [1.29, 1.82) is 0 Å². The summed E-state index contributed by atoms with van der Waals surface area (Å²) >= 11 is 0. The van der Waals surface area contributed by atoms with E-state index in [-0.39, 0.29) is 36.2 Å². The lowest BCUT2D eigenvalue weighted by Crippen LogP contribution is -2.42. The summed E-state index contributed by atoms with van der Waals surface area (Å²) in [6, 6.07) is 16.1. The van der Waals surface area contributed by atoms with Gasteiger partial charge < -0.3 is 9.30 Å². The number of H-pyrrole nitrogens is 1. The third kappa shape index (κ3) is 5.12. The van der Waals surface area contributed by atoms with Gasteiger partial charge in [0.1, 0.15) is 5.82 Å². The van der Waals surface area contributed by atoms with Crippen molar-refractivity contribution in [2.24, 2.45) is 5.92 Å². The second-order valence-corrected chi connectivity index (χ2v) is 10.6. The van der Waals surface area contributed by atoms with E-state index >= 15 is 0 Å². The summed E-state index contributed by atoms with van der Waals surface area (Å²) in [5, 5.41) is 14.5. The average Bonchev–Trinajstić information content (AvgIpc) is 3.60. The van der Waals surface area contributed by atoms with Crippen LogP contribution < -0.4 is 11.2 Å². The molecule has 1 N–H and O–H groups in total. The van der Waals surface area contributed by atoms with Gasteiger partial charge in [0, 0.05) is 31.7 Å². The number of benzene rings is 2. The Bertz CT molecular complexity index is 1730. The van der Waals surface area contributed by atoms with E-state index in [1.165, 1.54) is 4.57 Å². The van der Waals surface area contributed by atoms with Gasteiger partial charge in [-0.05, 0) is 27.8 Å². The van der Waals surface area contributed by atoms with Crippen molar-refractivity contribution in [1.82, 2.24) is 39.3 Å². The van der Waals surface area contributed by atoms with Crippen LogP contribution in [0.4, 0.5) is 0 Å². The molecule has 0 fully saturated rings. The normalized spacial score (nSPS) is 11.8. The van der Waals surface area contributed by atoms with Crippen LogP contribution in [0.15, 0.2) is 58.1 Å². The van der Waals surface area contributed by atoms with Crippen molar-refractivity contribution >= 4 is 11.2 Å². The van der Waals surface area contributed by atoms with Crippen LogP contribution in [0.2, 0.25) is 0 Å². The van der Waals surface area contributed by atoms with E-state index in [9.17, 15) is 9.59 Å². The van der Waals surface area contributed by atoms with Crippen LogP contribution in [0, 0.1) is 5.92 Å². The largest absolute Gasteiger partial charge is 0.383 e. The Balaban J connectivity index is 1.60. The first-order chi connectivity index (χ1) is 19.3. The number of tetrazole rings is 1. The first-order valence-corrected chi connectivity index (χ1v) is 13.4. The van der Waals surface area contributed by atoms with Crippen molar-refractivity contribution in [3.8, 4) is 22.5 Å². The summed E-state index contributed by atoms with van der Waals surface area (Å²) < 4.78 is 10.1. The molecule has 208 valence electrons. The standard InChI is InChI=1S/C29H34N8O3/c1-18(2)16-37-27-24(28(38)35(29(37)39)14-15-40-5)36(26(30-27)19(3)4)17-20-10-12-21(13-11-20)22-8-6-7-9-23(22)25-31-33-34-32-25/h6-13,18-19H,14-17H2,1-5H3,(H,31,32,33,34). The maximum Gasteiger partial charge on any atom is 0.332 e. The number of aromatic amines is 1. The maximum absolute atomic E-state index is 13.7. The molecule has 0 atom stereocenters. The fourth-order valence-electron chi connectivity index (χ4n) is 5.00. The molecule has 0 saturated heterocycles. The predicted molar refractivity (Wildman–Crippen MR) is 153 cm³/mol. The molecular formula is C29H34N8O3. The van der Waals surface area contributed by atoms with Crippen LogP contribution in [0.5, 0.6) is 0 Å². The number of nitrogens with one attached hydrogen (secondary N) is 1. The number of rotatable bonds is 10. The molecule has 0 aliphatic carbocycles. The van der Waals surface area contributed by atoms with Gasteiger partial charge in [0.15, 0.2) is 11.2 Å². The number of methoxy groups -OCH3 is 1. The van der Waals surface area contributed by atoms with Crippen molar-refractivity contribution in [3.63, 3.8) is 0 Å². The minimum Gasteiger partial charge on any atom is -0.383 e. The van der Waals surface area contributed by atoms with E-state index in [0.29, 0.717) is 30.1 Å². The Morgan fingerprint density at radius 2 is 1.65 bits per heavy atom. The van der Waals surface area contributed by atoms with Crippen molar-refractivity contribution < 1.29 is 4.74 Å². The SMILES string of the molecule is COCCn1c(=O)c2c(nc(C(C)C)n2Cc2ccc(-c3ccccc3-c3nn[nH]n3)cc2)n(CC(C)C)c1=O. The van der Waals surface area contributed by atoms with Gasteiger partial charge >= 0.3 is 5.69 Å². The number of ether oxygens (including phenoxy) is 1. The van der Waals surface area contributed by atoms with Crippen LogP contribution in [-0.2, 0) is 24.4 Å². The molecule has 11 nitrogen and oxygen atoms in total. The molecular weight excluding hydrogens is 508 g/mol. The van der Waals surface area contributed by atoms with E-state index in [1.807, 2.05) is 80.8 Å². The van der Waals surface area contributed by atoms with E-state index < -0.39 is 0 Å². The van der Waals surface area contributed by atoms with E-state index in [2.05, 4.69) is 20.6 Å².